The number of aromatic hydroxyl groups is 1. The molecule has 0 saturated heterocycles. The van der Waals surface area contributed by atoms with Gasteiger partial charge in [0.25, 0.3) is 5.91 Å². The van der Waals surface area contributed by atoms with Crippen molar-refractivity contribution in [3.05, 3.63) is 71.8 Å². The number of imide groups is 1. The molecule has 0 aliphatic carbocycles. The quantitative estimate of drug-likeness (QED) is 0.516. The number of ether oxygens (including phenoxy) is 2. The number of alkyl carbamates (subject to hydrolysis) is 1. The molecule has 0 heterocycles. The number of phenolic OH excluding ortho intramolecular Hbond substituents is 1. The first-order valence-electron chi connectivity index (χ1n) is 9.65. The van der Waals surface area contributed by atoms with Crippen molar-refractivity contribution in [3.8, 4) is 11.5 Å². The van der Waals surface area contributed by atoms with Gasteiger partial charge in [-0.3, -0.25) is 10.1 Å². The number of nitrogens with one attached hydrogen (secondary N) is 1. The molecule has 2 amide bonds. The Bertz CT molecular complexity index is 940. The predicted octanol–water partition coefficient (Wildman–Crippen LogP) is 4.07. The molecule has 0 aliphatic rings. The molecule has 8 nitrogen and oxygen atoms in total. The number of methoxy groups -OCH3 is 1. The van der Waals surface area contributed by atoms with Gasteiger partial charge in [0.15, 0.2) is 11.5 Å². The maximum Gasteiger partial charge on any atom is 0.414 e. The van der Waals surface area contributed by atoms with Crippen LogP contribution in [-0.2, 0) is 9.53 Å². The Morgan fingerprint density at radius 1 is 1.13 bits per heavy atom. The number of carbonyl (C=O) groups excluding carboxylic acids is 2. The van der Waals surface area contributed by atoms with Crippen LogP contribution in [0.5, 0.6) is 11.5 Å². The topological polar surface area (TPSA) is 122 Å². The van der Waals surface area contributed by atoms with Gasteiger partial charge in [0, 0.05) is 11.6 Å². The lowest BCUT2D eigenvalue weighted by Gasteiger charge is -2.25. The van der Waals surface area contributed by atoms with E-state index in [0.29, 0.717) is 24.0 Å². The molecular weight excluding hydrogens is 402 g/mol. The molecule has 2 aromatic carbocycles. The van der Waals surface area contributed by atoms with Crippen LogP contribution in [0.15, 0.2) is 60.7 Å². The molecule has 3 N–H and O–H groups in total. The smallest absolute Gasteiger partial charge is 0.414 e. The van der Waals surface area contributed by atoms with E-state index < -0.39 is 24.1 Å². The Kier molecular flexibility index (Phi) is 8.63. The number of amides is 2. The average Bonchev–Trinajstić information content (AvgIpc) is 2.75. The van der Waals surface area contributed by atoms with Gasteiger partial charge in [0.2, 0.25) is 0 Å². The van der Waals surface area contributed by atoms with Crippen LogP contribution in [0.1, 0.15) is 41.8 Å². The van der Waals surface area contributed by atoms with Crippen LogP contribution >= 0.6 is 0 Å². The van der Waals surface area contributed by atoms with Gasteiger partial charge in [0.1, 0.15) is 6.10 Å². The lowest BCUT2D eigenvalue weighted by Crippen LogP contribution is -2.33. The molecule has 2 rings (SSSR count). The van der Waals surface area contributed by atoms with Crippen LogP contribution in [0.25, 0.3) is 0 Å². The van der Waals surface area contributed by atoms with E-state index in [-0.39, 0.29) is 17.4 Å². The average molecular weight is 427 g/mol. The highest BCUT2D eigenvalue weighted by molar-refractivity contribution is 6.02. The number of carboxylic acids is 1. The fourth-order valence-corrected chi connectivity index (χ4v) is 2.99. The molecule has 2 atom stereocenters. The highest BCUT2D eigenvalue weighted by Gasteiger charge is 2.25. The van der Waals surface area contributed by atoms with E-state index in [9.17, 15) is 19.5 Å². The monoisotopic (exact) mass is 427 g/mol. The van der Waals surface area contributed by atoms with Crippen molar-refractivity contribution in [1.82, 2.24) is 5.32 Å². The molecule has 2 aromatic rings. The van der Waals surface area contributed by atoms with Crippen LogP contribution in [0, 0.1) is 5.92 Å². The minimum Gasteiger partial charge on any atom is -0.504 e. The zero-order valence-electron chi connectivity index (χ0n) is 17.3. The molecule has 0 radical (unpaired) electrons. The summed E-state index contributed by atoms with van der Waals surface area (Å²) in [5, 5.41) is 21.0. The van der Waals surface area contributed by atoms with E-state index in [4.69, 9.17) is 14.6 Å². The zero-order chi connectivity index (χ0) is 22.8. The molecule has 0 unspecified atom stereocenters. The summed E-state index contributed by atoms with van der Waals surface area (Å²) in [6, 6.07) is 12.9. The lowest BCUT2D eigenvalue weighted by atomic mass is 9.92. The van der Waals surface area contributed by atoms with Crippen LogP contribution < -0.4 is 10.1 Å². The van der Waals surface area contributed by atoms with Crippen molar-refractivity contribution in [1.29, 1.82) is 0 Å². The van der Waals surface area contributed by atoms with Gasteiger partial charge in [-0.2, -0.15) is 0 Å². The molecule has 0 aliphatic heterocycles. The zero-order valence-corrected chi connectivity index (χ0v) is 17.3. The van der Waals surface area contributed by atoms with Crippen LogP contribution in [0.4, 0.5) is 4.79 Å². The van der Waals surface area contributed by atoms with E-state index >= 15 is 0 Å². The summed E-state index contributed by atoms with van der Waals surface area (Å²) in [5.41, 5.74) is 0.820. The third kappa shape index (κ3) is 7.18. The maximum atomic E-state index is 12.4. The number of allylic oxidation sites excluding steroid dienone is 1. The summed E-state index contributed by atoms with van der Waals surface area (Å²) in [6.45, 7) is 1.83. The van der Waals surface area contributed by atoms with E-state index in [1.165, 1.54) is 19.3 Å². The maximum absolute atomic E-state index is 12.4. The third-order valence-corrected chi connectivity index (χ3v) is 4.58. The molecular formula is C23H25NO7. The van der Waals surface area contributed by atoms with Crippen LogP contribution in [-0.4, -0.2) is 35.3 Å². The number of phenols is 1. The number of hydrogen-bond acceptors (Lipinski definition) is 6. The van der Waals surface area contributed by atoms with Crippen molar-refractivity contribution < 1.29 is 34.1 Å². The van der Waals surface area contributed by atoms with E-state index in [1.807, 2.05) is 6.92 Å². The number of carboxylic acid groups (broad SMARTS) is 1. The Hall–Kier alpha value is -3.81. The molecule has 8 heteroatoms. The SMILES string of the molecule is COc1ccc([C@@H](OC(=O)NC(=O)c2ccccc2)[C@H](C)CC/C=C/C(=O)O)cc1O. The van der Waals surface area contributed by atoms with E-state index in [0.717, 1.165) is 6.08 Å². The molecule has 0 saturated carbocycles. The Labute approximate surface area is 180 Å². The van der Waals surface area contributed by atoms with Crippen LogP contribution in [0.3, 0.4) is 0 Å². The Morgan fingerprint density at radius 2 is 1.84 bits per heavy atom. The molecule has 0 spiro atoms. The minimum absolute atomic E-state index is 0.118. The fourth-order valence-electron chi connectivity index (χ4n) is 2.99. The van der Waals surface area contributed by atoms with Crippen molar-refractivity contribution >= 4 is 18.0 Å². The van der Waals surface area contributed by atoms with Gasteiger partial charge >= 0.3 is 12.1 Å². The van der Waals surface area contributed by atoms with Gasteiger partial charge in [0.05, 0.1) is 7.11 Å². The summed E-state index contributed by atoms with van der Waals surface area (Å²) in [6.07, 6.45) is 1.79. The normalized spacial score (nSPS) is 12.7. The number of rotatable bonds is 9. The highest BCUT2D eigenvalue weighted by Crippen LogP contribution is 2.35. The molecule has 0 bridgehead atoms. The van der Waals surface area contributed by atoms with Crippen LogP contribution in [0.2, 0.25) is 0 Å². The second-order valence-electron chi connectivity index (χ2n) is 6.87. The van der Waals surface area contributed by atoms with Gasteiger partial charge in [-0.1, -0.05) is 37.3 Å². The molecule has 164 valence electrons. The largest absolute Gasteiger partial charge is 0.504 e. The second-order valence-corrected chi connectivity index (χ2v) is 6.87. The van der Waals surface area contributed by atoms with Gasteiger partial charge < -0.3 is 19.7 Å². The number of hydrogen-bond donors (Lipinski definition) is 3. The van der Waals surface area contributed by atoms with Crippen molar-refractivity contribution in [2.75, 3.05) is 7.11 Å². The third-order valence-electron chi connectivity index (χ3n) is 4.58. The predicted molar refractivity (Wildman–Crippen MR) is 113 cm³/mol. The second kappa shape index (κ2) is 11.4. The van der Waals surface area contributed by atoms with E-state index in [2.05, 4.69) is 5.32 Å². The first-order valence-corrected chi connectivity index (χ1v) is 9.65. The number of benzene rings is 2. The van der Waals surface area contributed by atoms with E-state index in [1.54, 1.807) is 42.5 Å². The summed E-state index contributed by atoms with van der Waals surface area (Å²) in [4.78, 5) is 35.3. The highest BCUT2D eigenvalue weighted by atomic mass is 16.6. The summed E-state index contributed by atoms with van der Waals surface area (Å²) < 4.78 is 10.6. The van der Waals surface area contributed by atoms with Gasteiger partial charge in [-0.25, -0.2) is 9.59 Å². The van der Waals surface area contributed by atoms with Crippen molar-refractivity contribution in [3.63, 3.8) is 0 Å². The molecule has 31 heavy (non-hydrogen) atoms. The summed E-state index contributed by atoms with van der Waals surface area (Å²) >= 11 is 0. The van der Waals surface area contributed by atoms with Gasteiger partial charge in [-0.05, 0) is 48.6 Å². The van der Waals surface area contributed by atoms with Crippen molar-refractivity contribution in [2.24, 2.45) is 5.92 Å². The summed E-state index contributed by atoms with van der Waals surface area (Å²) in [5.74, 6) is -1.74. The Morgan fingerprint density at radius 3 is 2.45 bits per heavy atom. The molecule has 0 aromatic heterocycles. The first kappa shape index (κ1) is 23.5. The minimum atomic E-state index is -1.04. The fraction of sp³-hybridized carbons (Fsp3) is 0.261. The number of aliphatic carboxylic acids is 1. The number of carbonyl (C=O) groups is 3. The standard InChI is InChI=1S/C23H25NO7/c1-15(8-6-7-11-20(26)27)21(17-12-13-19(30-2)18(25)14-17)31-23(29)24-22(28)16-9-4-3-5-10-16/h3-5,7,9-15,21,25H,6,8H2,1-2H3,(H,26,27)(H,24,28,29)/b11-7+/t15-,21+/m1/s1. The van der Waals surface area contributed by atoms with Gasteiger partial charge in [-0.15, -0.1) is 0 Å². The molecule has 0 fully saturated rings. The Balaban J connectivity index is 2.16. The first-order chi connectivity index (χ1) is 14.8. The summed E-state index contributed by atoms with van der Waals surface area (Å²) in [7, 11) is 1.42. The van der Waals surface area contributed by atoms with Crippen molar-refractivity contribution in [2.45, 2.75) is 25.9 Å². The lowest BCUT2D eigenvalue weighted by molar-refractivity contribution is -0.131.